The van der Waals surface area contributed by atoms with Gasteiger partial charge in [0.1, 0.15) is 0 Å². The molecular weight excluding hydrogens is 314 g/mol. The van der Waals surface area contributed by atoms with Crippen molar-refractivity contribution in [3.05, 3.63) is 28.5 Å². The van der Waals surface area contributed by atoms with Gasteiger partial charge in [-0.1, -0.05) is 20.8 Å². The molecule has 0 radical (unpaired) electrons. The summed E-state index contributed by atoms with van der Waals surface area (Å²) >= 11 is 3.51. The fourth-order valence-corrected chi connectivity index (χ4v) is 3.60. The lowest BCUT2D eigenvalue weighted by Gasteiger charge is -2.45. The summed E-state index contributed by atoms with van der Waals surface area (Å²) in [6, 6.07) is 2.59. The van der Waals surface area contributed by atoms with Gasteiger partial charge in [-0.05, 0) is 67.5 Å². The molecule has 0 fully saturated rings. The van der Waals surface area contributed by atoms with E-state index in [0.29, 0.717) is 6.04 Å². The predicted molar refractivity (Wildman–Crippen MR) is 90.1 cm³/mol. The topological polar surface area (TPSA) is 28.2 Å². The summed E-state index contributed by atoms with van der Waals surface area (Å²) in [4.78, 5) is 6.67. The molecule has 0 saturated heterocycles. The molecule has 1 unspecified atom stereocenters. The van der Waals surface area contributed by atoms with Gasteiger partial charge < -0.3 is 10.2 Å². The van der Waals surface area contributed by atoms with Crippen LogP contribution in [-0.4, -0.2) is 42.1 Å². The number of rotatable bonds is 8. The SMILES string of the molecule is CCNC(Cc1cncc(Br)c1)C(CC)(CC)N(C)C. The van der Waals surface area contributed by atoms with E-state index in [-0.39, 0.29) is 5.54 Å². The van der Waals surface area contributed by atoms with Gasteiger partial charge in [-0.3, -0.25) is 4.98 Å². The molecule has 3 nitrogen and oxygen atoms in total. The van der Waals surface area contributed by atoms with Crippen molar-refractivity contribution < 1.29 is 0 Å². The van der Waals surface area contributed by atoms with E-state index in [1.165, 1.54) is 5.56 Å². The van der Waals surface area contributed by atoms with Crippen molar-refractivity contribution >= 4 is 15.9 Å². The van der Waals surface area contributed by atoms with Crippen LogP contribution in [0.5, 0.6) is 0 Å². The molecule has 1 aromatic heterocycles. The highest BCUT2D eigenvalue weighted by molar-refractivity contribution is 9.10. The second-order valence-electron chi connectivity index (χ2n) is 5.53. The fraction of sp³-hybridized carbons (Fsp3) is 0.688. The van der Waals surface area contributed by atoms with Crippen molar-refractivity contribution in [2.75, 3.05) is 20.6 Å². The molecule has 1 atom stereocenters. The predicted octanol–water partition coefficient (Wildman–Crippen LogP) is 3.49. The number of nitrogens with one attached hydrogen (secondary N) is 1. The Labute approximate surface area is 132 Å². The summed E-state index contributed by atoms with van der Waals surface area (Å²) < 4.78 is 1.05. The van der Waals surface area contributed by atoms with Gasteiger partial charge >= 0.3 is 0 Å². The molecular formula is C16H28BrN3. The van der Waals surface area contributed by atoms with Crippen molar-refractivity contribution in [1.29, 1.82) is 0 Å². The first-order chi connectivity index (χ1) is 9.50. The lowest BCUT2D eigenvalue weighted by atomic mass is 9.80. The number of hydrogen-bond acceptors (Lipinski definition) is 3. The maximum atomic E-state index is 4.29. The number of halogens is 1. The van der Waals surface area contributed by atoms with Gasteiger partial charge in [-0.15, -0.1) is 0 Å². The standard InChI is InChI=1S/C16H28BrN3/c1-6-16(7-2,20(4)5)15(19-8-3)10-13-9-14(17)12-18-11-13/h9,11-12,15,19H,6-8,10H2,1-5H3. The van der Waals surface area contributed by atoms with Crippen LogP contribution in [0.3, 0.4) is 0 Å². The highest BCUT2D eigenvalue weighted by Gasteiger charge is 2.37. The van der Waals surface area contributed by atoms with Gasteiger partial charge in [0.25, 0.3) is 0 Å². The number of pyridine rings is 1. The van der Waals surface area contributed by atoms with Gasteiger partial charge in [0, 0.05) is 28.4 Å². The molecule has 0 aliphatic rings. The van der Waals surface area contributed by atoms with Crippen LogP contribution in [0.2, 0.25) is 0 Å². The Hall–Kier alpha value is -0.450. The van der Waals surface area contributed by atoms with Gasteiger partial charge in [0.2, 0.25) is 0 Å². The first kappa shape index (κ1) is 17.6. The maximum absolute atomic E-state index is 4.29. The molecule has 0 bridgehead atoms. The Morgan fingerprint density at radius 1 is 1.25 bits per heavy atom. The van der Waals surface area contributed by atoms with E-state index in [4.69, 9.17) is 0 Å². The zero-order chi connectivity index (χ0) is 15.2. The quantitative estimate of drug-likeness (QED) is 0.784. The van der Waals surface area contributed by atoms with Crippen LogP contribution in [0, 0.1) is 0 Å². The molecule has 1 N–H and O–H groups in total. The molecule has 1 rings (SSSR count). The van der Waals surface area contributed by atoms with Crippen LogP contribution in [0.1, 0.15) is 39.2 Å². The van der Waals surface area contributed by atoms with Crippen molar-refractivity contribution in [1.82, 2.24) is 15.2 Å². The smallest absolute Gasteiger partial charge is 0.0410 e. The Bertz CT molecular complexity index is 402. The van der Waals surface area contributed by atoms with Crippen molar-refractivity contribution in [2.45, 2.75) is 51.6 Å². The highest BCUT2D eigenvalue weighted by Crippen LogP contribution is 2.28. The second kappa shape index (κ2) is 8.11. The number of nitrogens with zero attached hydrogens (tertiary/aromatic N) is 2. The highest BCUT2D eigenvalue weighted by atomic mass is 79.9. The average Bonchev–Trinajstić information content (AvgIpc) is 2.40. The third kappa shape index (κ3) is 4.03. The van der Waals surface area contributed by atoms with Crippen LogP contribution < -0.4 is 5.32 Å². The van der Waals surface area contributed by atoms with Crippen LogP contribution in [0.25, 0.3) is 0 Å². The van der Waals surface area contributed by atoms with Gasteiger partial charge in [0.05, 0.1) is 0 Å². The number of likely N-dealkylation sites (N-methyl/N-ethyl adjacent to an activating group) is 2. The largest absolute Gasteiger partial charge is 0.312 e. The second-order valence-corrected chi connectivity index (χ2v) is 6.45. The fourth-order valence-electron chi connectivity index (χ4n) is 3.19. The monoisotopic (exact) mass is 341 g/mol. The molecule has 0 amide bonds. The molecule has 20 heavy (non-hydrogen) atoms. The lowest BCUT2D eigenvalue weighted by Crippen LogP contribution is -2.59. The minimum Gasteiger partial charge on any atom is -0.312 e. The summed E-state index contributed by atoms with van der Waals surface area (Å²) in [7, 11) is 4.38. The van der Waals surface area contributed by atoms with Gasteiger partial charge in [-0.25, -0.2) is 0 Å². The molecule has 114 valence electrons. The normalized spacial score (nSPS) is 13.8. The maximum Gasteiger partial charge on any atom is 0.0410 e. The Morgan fingerprint density at radius 2 is 1.90 bits per heavy atom. The Kier molecular flexibility index (Phi) is 7.13. The van der Waals surface area contributed by atoms with E-state index in [1.807, 2.05) is 12.4 Å². The Balaban J connectivity index is 3.03. The zero-order valence-electron chi connectivity index (χ0n) is 13.4. The molecule has 0 aliphatic carbocycles. The number of aromatic nitrogens is 1. The number of hydrogen-bond donors (Lipinski definition) is 1. The average molecular weight is 342 g/mol. The van der Waals surface area contributed by atoms with E-state index in [2.05, 4.69) is 72.1 Å². The van der Waals surface area contributed by atoms with Gasteiger partial charge in [-0.2, -0.15) is 0 Å². The summed E-state index contributed by atoms with van der Waals surface area (Å²) in [5.74, 6) is 0. The third-order valence-corrected chi connectivity index (χ3v) is 4.85. The molecule has 4 heteroatoms. The van der Waals surface area contributed by atoms with E-state index < -0.39 is 0 Å². The molecule has 0 aliphatic heterocycles. The van der Waals surface area contributed by atoms with Crippen molar-refractivity contribution in [3.63, 3.8) is 0 Å². The van der Waals surface area contributed by atoms with Gasteiger partial charge in [0.15, 0.2) is 0 Å². The third-order valence-electron chi connectivity index (χ3n) is 4.42. The molecule has 1 aromatic rings. The minimum atomic E-state index is 0.179. The van der Waals surface area contributed by atoms with Crippen LogP contribution in [0.15, 0.2) is 22.9 Å². The summed E-state index contributed by atoms with van der Waals surface area (Å²) in [6.45, 7) is 7.74. The van der Waals surface area contributed by atoms with Crippen LogP contribution >= 0.6 is 15.9 Å². The Morgan fingerprint density at radius 3 is 2.35 bits per heavy atom. The summed E-state index contributed by atoms with van der Waals surface area (Å²) in [6.07, 6.45) is 7.08. The first-order valence-electron chi connectivity index (χ1n) is 7.50. The molecule has 0 saturated carbocycles. The first-order valence-corrected chi connectivity index (χ1v) is 8.29. The summed E-state index contributed by atoms with van der Waals surface area (Å²) in [5.41, 5.74) is 1.46. The molecule has 0 spiro atoms. The molecule has 1 heterocycles. The molecule has 0 aromatic carbocycles. The van der Waals surface area contributed by atoms with E-state index in [1.54, 1.807) is 0 Å². The van der Waals surface area contributed by atoms with Crippen molar-refractivity contribution in [2.24, 2.45) is 0 Å². The lowest BCUT2D eigenvalue weighted by molar-refractivity contribution is 0.0889. The van der Waals surface area contributed by atoms with Crippen LogP contribution in [-0.2, 0) is 6.42 Å². The minimum absolute atomic E-state index is 0.179. The van der Waals surface area contributed by atoms with E-state index >= 15 is 0 Å². The van der Waals surface area contributed by atoms with Crippen LogP contribution in [0.4, 0.5) is 0 Å². The van der Waals surface area contributed by atoms with Crippen molar-refractivity contribution in [3.8, 4) is 0 Å². The van der Waals surface area contributed by atoms with E-state index in [9.17, 15) is 0 Å². The zero-order valence-corrected chi connectivity index (χ0v) is 15.0. The summed E-state index contributed by atoms with van der Waals surface area (Å²) in [5, 5.41) is 3.69. The van der Waals surface area contributed by atoms with E-state index in [0.717, 1.165) is 30.3 Å².